The summed E-state index contributed by atoms with van der Waals surface area (Å²) in [5.41, 5.74) is 2.45. The van der Waals surface area contributed by atoms with E-state index in [1.54, 1.807) is 0 Å². The normalized spacial score (nSPS) is 11.4. The van der Waals surface area contributed by atoms with Gasteiger partial charge in [-0.15, -0.1) is 0 Å². The minimum atomic E-state index is 0.0121. The van der Waals surface area contributed by atoms with Crippen molar-refractivity contribution >= 4 is 16.7 Å². The molecule has 3 rings (SSSR count). The van der Waals surface area contributed by atoms with Crippen LogP contribution in [-0.4, -0.2) is 19.1 Å². The van der Waals surface area contributed by atoms with Crippen LogP contribution in [-0.2, 0) is 16.6 Å². The molecule has 0 unspecified atom stereocenters. The predicted octanol–water partition coefficient (Wildman–Crippen LogP) is 4.88. The summed E-state index contributed by atoms with van der Waals surface area (Å²) < 4.78 is 5.73. The van der Waals surface area contributed by atoms with E-state index in [1.165, 1.54) is 5.56 Å². The lowest BCUT2D eigenvalue weighted by Crippen LogP contribution is -2.29. The standard InChI is InChI=1S/C24H27NO2/c1-24(2,3)20-11-13-21(14-12-20)27-16-15-25-23(26)17-19-9-6-8-18-7-4-5-10-22(18)19/h4-14H,15-17H2,1-3H3,(H,25,26). The Labute approximate surface area is 161 Å². The molecule has 0 aromatic heterocycles. The highest BCUT2D eigenvalue weighted by Gasteiger charge is 2.13. The summed E-state index contributed by atoms with van der Waals surface area (Å²) in [6.45, 7) is 7.51. The summed E-state index contributed by atoms with van der Waals surface area (Å²) in [7, 11) is 0. The number of ether oxygens (including phenoxy) is 1. The SMILES string of the molecule is CC(C)(C)c1ccc(OCCNC(=O)Cc2cccc3ccccc23)cc1. The zero-order valence-electron chi connectivity index (χ0n) is 16.3. The Balaban J connectivity index is 1.47. The van der Waals surface area contributed by atoms with Crippen LogP contribution in [0.4, 0.5) is 0 Å². The molecule has 0 aliphatic carbocycles. The second-order valence-corrected chi connectivity index (χ2v) is 7.79. The lowest BCUT2D eigenvalue weighted by molar-refractivity contribution is -0.120. The van der Waals surface area contributed by atoms with Gasteiger partial charge in [0.05, 0.1) is 13.0 Å². The second-order valence-electron chi connectivity index (χ2n) is 7.79. The molecule has 0 aliphatic heterocycles. The summed E-state index contributed by atoms with van der Waals surface area (Å²) >= 11 is 0. The van der Waals surface area contributed by atoms with Crippen LogP contribution in [0.2, 0.25) is 0 Å². The summed E-state index contributed by atoms with van der Waals surface area (Å²) in [5.74, 6) is 0.837. The third-order valence-corrected chi connectivity index (χ3v) is 4.64. The number of fused-ring (bicyclic) bond motifs is 1. The van der Waals surface area contributed by atoms with Gasteiger partial charge < -0.3 is 10.1 Å². The van der Waals surface area contributed by atoms with Crippen LogP contribution in [0.3, 0.4) is 0 Å². The molecule has 0 saturated heterocycles. The van der Waals surface area contributed by atoms with Gasteiger partial charge in [0, 0.05) is 0 Å². The molecule has 1 N–H and O–H groups in total. The summed E-state index contributed by atoms with van der Waals surface area (Å²) in [4.78, 5) is 12.3. The summed E-state index contributed by atoms with van der Waals surface area (Å²) in [5, 5.41) is 5.22. The van der Waals surface area contributed by atoms with Crippen molar-refractivity contribution < 1.29 is 9.53 Å². The molecule has 27 heavy (non-hydrogen) atoms. The summed E-state index contributed by atoms with van der Waals surface area (Å²) in [6, 6.07) is 22.4. The van der Waals surface area contributed by atoms with Crippen molar-refractivity contribution in [2.75, 3.05) is 13.2 Å². The maximum absolute atomic E-state index is 12.3. The molecule has 0 fully saturated rings. The number of benzene rings is 3. The Morgan fingerprint density at radius 2 is 1.63 bits per heavy atom. The molecular weight excluding hydrogens is 334 g/mol. The Morgan fingerprint density at radius 3 is 2.37 bits per heavy atom. The van der Waals surface area contributed by atoms with Crippen molar-refractivity contribution in [3.05, 3.63) is 77.9 Å². The lowest BCUT2D eigenvalue weighted by atomic mass is 9.87. The third-order valence-electron chi connectivity index (χ3n) is 4.64. The number of amides is 1. The number of hydrogen-bond acceptors (Lipinski definition) is 2. The number of nitrogens with one attached hydrogen (secondary N) is 1. The maximum Gasteiger partial charge on any atom is 0.224 e. The fourth-order valence-electron chi connectivity index (χ4n) is 3.09. The van der Waals surface area contributed by atoms with Gasteiger partial charge in [-0.3, -0.25) is 4.79 Å². The molecule has 3 heteroatoms. The van der Waals surface area contributed by atoms with Crippen molar-refractivity contribution in [2.24, 2.45) is 0 Å². The molecule has 0 atom stereocenters. The number of rotatable bonds is 6. The fraction of sp³-hybridized carbons (Fsp3) is 0.292. The zero-order valence-corrected chi connectivity index (χ0v) is 16.3. The van der Waals surface area contributed by atoms with Crippen LogP contribution in [0.25, 0.3) is 10.8 Å². The van der Waals surface area contributed by atoms with Crippen molar-refractivity contribution in [1.82, 2.24) is 5.32 Å². The van der Waals surface area contributed by atoms with Crippen molar-refractivity contribution in [3.8, 4) is 5.75 Å². The van der Waals surface area contributed by atoms with Crippen LogP contribution in [0.1, 0.15) is 31.9 Å². The van der Waals surface area contributed by atoms with Gasteiger partial charge in [0.1, 0.15) is 12.4 Å². The minimum absolute atomic E-state index is 0.0121. The van der Waals surface area contributed by atoms with E-state index in [-0.39, 0.29) is 11.3 Å². The van der Waals surface area contributed by atoms with E-state index in [2.05, 4.69) is 56.4 Å². The predicted molar refractivity (Wildman–Crippen MR) is 111 cm³/mol. The molecule has 0 aliphatic rings. The van der Waals surface area contributed by atoms with Crippen LogP contribution >= 0.6 is 0 Å². The van der Waals surface area contributed by atoms with Crippen LogP contribution in [0.15, 0.2) is 66.7 Å². The Hall–Kier alpha value is -2.81. The van der Waals surface area contributed by atoms with E-state index in [4.69, 9.17) is 4.74 Å². The first-order chi connectivity index (χ1) is 12.9. The molecule has 0 spiro atoms. The molecule has 3 aromatic carbocycles. The molecule has 0 radical (unpaired) electrons. The first-order valence-electron chi connectivity index (χ1n) is 9.40. The number of hydrogen-bond donors (Lipinski definition) is 1. The second kappa shape index (κ2) is 8.26. The van der Waals surface area contributed by atoms with Crippen molar-refractivity contribution in [2.45, 2.75) is 32.6 Å². The van der Waals surface area contributed by atoms with Gasteiger partial charge in [-0.05, 0) is 39.4 Å². The van der Waals surface area contributed by atoms with Gasteiger partial charge in [0.15, 0.2) is 0 Å². The van der Waals surface area contributed by atoms with Crippen molar-refractivity contribution in [1.29, 1.82) is 0 Å². The highest BCUT2D eigenvalue weighted by molar-refractivity contribution is 5.90. The molecular formula is C24H27NO2. The smallest absolute Gasteiger partial charge is 0.224 e. The van der Waals surface area contributed by atoms with E-state index in [1.807, 2.05) is 36.4 Å². The fourth-order valence-corrected chi connectivity index (χ4v) is 3.09. The van der Waals surface area contributed by atoms with E-state index in [0.29, 0.717) is 19.6 Å². The number of carbonyl (C=O) groups excluding carboxylic acids is 1. The van der Waals surface area contributed by atoms with Gasteiger partial charge in [-0.1, -0.05) is 75.4 Å². The van der Waals surface area contributed by atoms with Crippen LogP contribution < -0.4 is 10.1 Å². The molecule has 0 bridgehead atoms. The molecule has 3 nitrogen and oxygen atoms in total. The average Bonchev–Trinajstić information content (AvgIpc) is 2.65. The lowest BCUT2D eigenvalue weighted by Gasteiger charge is -2.19. The molecule has 1 amide bonds. The molecule has 0 heterocycles. The Bertz CT molecular complexity index is 902. The zero-order chi connectivity index (χ0) is 19.3. The van der Waals surface area contributed by atoms with Crippen molar-refractivity contribution in [3.63, 3.8) is 0 Å². The minimum Gasteiger partial charge on any atom is -0.492 e. The topological polar surface area (TPSA) is 38.3 Å². The Morgan fingerprint density at radius 1 is 0.926 bits per heavy atom. The average molecular weight is 361 g/mol. The number of carbonyl (C=O) groups is 1. The monoisotopic (exact) mass is 361 g/mol. The molecule has 3 aromatic rings. The highest BCUT2D eigenvalue weighted by atomic mass is 16.5. The van der Waals surface area contributed by atoms with E-state index >= 15 is 0 Å². The Kier molecular flexibility index (Phi) is 5.80. The summed E-state index contributed by atoms with van der Waals surface area (Å²) in [6.07, 6.45) is 0.377. The first kappa shape index (κ1) is 19.0. The first-order valence-corrected chi connectivity index (χ1v) is 9.40. The van der Waals surface area contributed by atoms with Crippen LogP contribution in [0.5, 0.6) is 5.75 Å². The third kappa shape index (κ3) is 5.10. The van der Waals surface area contributed by atoms with E-state index in [0.717, 1.165) is 22.1 Å². The molecule has 140 valence electrons. The van der Waals surface area contributed by atoms with E-state index in [9.17, 15) is 4.79 Å². The van der Waals surface area contributed by atoms with Gasteiger partial charge in [-0.2, -0.15) is 0 Å². The van der Waals surface area contributed by atoms with E-state index < -0.39 is 0 Å². The van der Waals surface area contributed by atoms with Gasteiger partial charge in [0.25, 0.3) is 0 Å². The van der Waals surface area contributed by atoms with Gasteiger partial charge in [-0.25, -0.2) is 0 Å². The molecule has 0 saturated carbocycles. The highest BCUT2D eigenvalue weighted by Crippen LogP contribution is 2.24. The van der Waals surface area contributed by atoms with Crippen LogP contribution in [0, 0.1) is 0 Å². The van der Waals surface area contributed by atoms with Gasteiger partial charge >= 0.3 is 0 Å². The van der Waals surface area contributed by atoms with Gasteiger partial charge in [0.2, 0.25) is 5.91 Å². The quantitative estimate of drug-likeness (QED) is 0.636. The maximum atomic E-state index is 12.3. The largest absolute Gasteiger partial charge is 0.492 e.